The zero-order valence-electron chi connectivity index (χ0n) is 12.4. The number of benzene rings is 1. The van der Waals surface area contributed by atoms with E-state index in [1.54, 1.807) is 12.5 Å². The molecule has 0 bridgehead atoms. The predicted octanol–water partition coefficient (Wildman–Crippen LogP) is 2.46. The summed E-state index contributed by atoms with van der Waals surface area (Å²) in [5.41, 5.74) is 2.10. The zero-order chi connectivity index (χ0) is 15.2. The first kappa shape index (κ1) is 15.3. The fraction of sp³-hybridized carbons (Fsp3) is 0.375. The quantitative estimate of drug-likeness (QED) is 0.821. The number of carbonyl (C=O) groups is 1. The highest BCUT2D eigenvalue weighted by atomic mass is 16.4. The molecule has 0 aliphatic heterocycles. The van der Waals surface area contributed by atoms with Crippen LogP contribution in [0.2, 0.25) is 0 Å². The van der Waals surface area contributed by atoms with Crippen LogP contribution < -0.4 is 5.32 Å². The number of rotatable bonds is 7. The number of aliphatic carboxylic acids is 1. The van der Waals surface area contributed by atoms with Crippen molar-refractivity contribution in [3.05, 3.63) is 48.5 Å². The van der Waals surface area contributed by atoms with Gasteiger partial charge in [0.05, 0.1) is 6.33 Å². The molecule has 1 heterocycles. The molecule has 0 unspecified atom stereocenters. The summed E-state index contributed by atoms with van der Waals surface area (Å²) < 4.78 is 1.93. The van der Waals surface area contributed by atoms with E-state index in [9.17, 15) is 9.90 Å². The van der Waals surface area contributed by atoms with Gasteiger partial charge in [0.25, 0.3) is 0 Å². The summed E-state index contributed by atoms with van der Waals surface area (Å²) in [4.78, 5) is 15.2. The lowest BCUT2D eigenvalue weighted by Crippen LogP contribution is -2.37. The van der Waals surface area contributed by atoms with Gasteiger partial charge >= 0.3 is 5.97 Å². The predicted molar refractivity (Wildman–Crippen MR) is 81.3 cm³/mol. The normalized spacial score (nSPS) is 12.5. The average Bonchev–Trinajstić information content (AvgIpc) is 2.97. The molecule has 1 atom stereocenters. The van der Waals surface area contributed by atoms with E-state index in [1.807, 2.05) is 48.9 Å². The van der Waals surface area contributed by atoms with Crippen LogP contribution in [0.15, 0.2) is 43.0 Å². The molecule has 0 saturated heterocycles. The molecule has 0 amide bonds. The van der Waals surface area contributed by atoms with Crippen LogP contribution in [0.3, 0.4) is 0 Å². The molecule has 0 fully saturated rings. The van der Waals surface area contributed by atoms with Gasteiger partial charge in [0, 0.05) is 24.6 Å². The molecule has 21 heavy (non-hydrogen) atoms. The van der Waals surface area contributed by atoms with Crippen molar-refractivity contribution in [2.45, 2.75) is 32.9 Å². The van der Waals surface area contributed by atoms with Gasteiger partial charge in [-0.3, -0.25) is 4.79 Å². The monoisotopic (exact) mass is 287 g/mol. The summed E-state index contributed by atoms with van der Waals surface area (Å²) in [7, 11) is 0. The second kappa shape index (κ2) is 7.04. The van der Waals surface area contributed by atoms with Crippen molar-refractivity contribution in [1.29, 1.82) is 0 Å². The van der Waals surface area contributed by atoms with Crippen LogP contribution in [0.5, 0.6) is 0 Å². The lowest BCUT2D eigenvalue weighted by molar-refractivity contribution is -0.140. The third-order valence-electron chi connectivity index (χ3n) is 3.30. The van der Waals surface area contributed by atoms with Crippen LogP contribution in [0, 0.1) is 5.92 Å². The number of nitrogens with one attached hydrogen (secondary N) is 1. The second-order valence-corrected chi connectivity index (χ2v) is 5.54. The van der Waals surface area contributed by atoms with Crippen molar-refractivity contribution in [3.63, 3.8) is 0 Å². The van der Waals surface area contributed by atoms with E-state index in [0.717, 1.165) is 11.3 Å². The highest BCUT2D eigenvalue weighted by Gasteiger charge is 2.17. The molecule has 0 aliphatic carbocycles. The molecular weight excluding hydrogens is 266 g/mol. The Morgan fingerprint density at radius 3 is 2.57 bits per heavy atom. The number of hydrogen-bond acceptors (Lipinski definition) is 3. The van der Waals surface area contributed by atoms with Crippen LogP contribution >= 0.6 is 0 Å². The fourth-order valence-corrected chi connectivity index (χ4v) is 2.18. The molecule has 1 aromatic carbocycles. The Morgan fingerprint density at radius 2 is 2.05 bits per heavy atom. The molecule has 2 N–H and O–H groups in total. The fourth-order valence-electron chi connectivity index (χ4n) is 2.18. The Hall–Kier alpha value is -2.14. The van der Waals surface area contributed by atoms with E-state index >= 15 is 0 Å². The van der Waals surface area contributed by atoms with E-state index in [0.29, 0.717) is 18.9 Å². The number of hydrogen-bond donors (Lipinski definition) is 2. The third kappa shape index (κ3) is 4.43. The third-order valence-corrected chi connectivity index (χ3v) is 3.30. The highest BCUT2D eigenvalue weighted by Crippen LogP contribution is 2.10. The Morgan fingerprint density at radius 1 is 1.33 bits per heavy atom. The molecule has 0 aliphatic rings. The van der Waals surface area contributed by atoms with Gasteiger partial charge in [0.2, 0.25) is 0 Å². The van der Waals surface area contributed by atoms with Gasteiger partial charge in [-0.1, -0.05) is 26.0 Å². The molecule has 5 nitrogen and oxygen atoms in total. The van der Waals surface area contributed by atoms with Crippen molar-refractivity contribution in [3.8, 4) is 5.69 Å². The number of imidazole rings is 1. The van der Waals surface area contributed by atoms with Crippen LogP contribution in [0.1, 0.15) is 25.8 Å². The summed E-state index contributed by atoms with van der Waals surface area (Å²) >= 11 is 0. The smallest absolute Gasteiger partial charge is 0.320 e. The first-order valence-corrected chi connectivity index (χ1v) is 7.09. The van der Waals surface area contributed by atoms with Gasteiger partial charge in [-0.25, -0.2) is 4.98 Å². The molecule has 2 rings (SSSR count). The molecule has 0 spiro atoms. The van der Waals surface area contributed by atoms with Crippen LogP contribution in [-0.4, -0.2) is 26.7 Å². The minimum absolute atomic E-state index is 0.349. The summed E-state index contributed by atoms with van der Waals surface area (Å²) in [6.45, 7) is 4.60. The van der Waals surface area contributed by atoms with Gasteiger partial charge in [0.1, 0.15) is 6.04 Å². The lowest BCUT2D eigenvalue weighted by Gasteiger charge is -2.16. The van der Waals surface area contributed by atoms with Crippen LogP contribution in [0.25, 0.3) is 5.69 Å². The highest BCUT2D eigenvalue weighted by molar-refractivity contribution is 5.73. The van der Waals surface area contributed by atoms with Crippen molar-refractivity contribution in [1.82, 2.24) is 14.9 Å². The number of carboxylic acid groups (broad SMARTS) is 1. The van der Waals surface area contributed by atoms with Crippen LogP contribution in [-0.2, 0) is 11.3 Å². The molecule has 1 aromatic heterocycles. The molecule has 0 saturated carbocycles. The first-order chi connectivity index (χ1) is 10.1. The molecule has 2 aromatic rings. The maximum atomic E-state index is 11.2. The largest absolute Gasteiger partial charge is 0.480 e. The molecule has 112 valence electrons. The second-order valence-electron chi connectivity index (χ2n) is 5.54. The van der Waals surface area contributed by atoms with Crippen molar-refractivity contribution < 1.29 is 9.90 Å². The molecule has 5 heteroatoms. The van der Waals surface area contributed by atoms with Crippen molar-refractivity contribution >= 4 is 5.97 Å². The van der Waals surface area contributed by atoms with E-state index in [-0.39, 0.29) is 0 Å². The molecule has 0 radical (unpaired) electrons. The summed E-state index contributed by atoms with van der Waals surface area (Å²) in [6.07, 6.45) is 5.99. The Kier molecular flexibility index (Phi) is 5.11. The topological polar surface area (TPSA) is 67.2 Å². The molecular formula is C16H21N3O2. The number of carboxylic acids is 1. The van der Waals surface area contributed by atoms with Gasteiger partial charge < -0.3 is 15.0 Å². The Bertz CT molecular complexity index is 562. The van der Waals surface area contributed by atoms with E-state index in [2.05, 4.69) is 10.3 Å². The van der Waals surface area contributed by atoms with E-state index in [1.165, 1.54) is 0 Å². The van der Waals surface area contributed by atoms with Gasteiger partial charge in [-0.05, 0) is 30.0 Å². The Balaban J connectivity index is 1.95. The first-order valence-electron chi connectivity index (χ1n) is 7.09. The summed E-state index contributed by atoms with van der Waals surface area (Å²) in [5, 5.41) is 12.3. The Labute approximate surface area is 124 Å². The van der Waals surface area contributed by atoms with E-state index < -0.39 is 12.0 Å². The number of aromatic nitrogens is 2. The van der Waals surface area contributed by atoms with E-state index in [4.69, 9.17) is 0 Å². The summed E-state index contributed by atoms with van der Waals surface area (Å²) in [6, 6.07) is 7.49. The standard InChI is InChI=1S/C16H21N3O2/c1-12(2)9-15(16(20)21)18-10-13-3-5-14(6-4-13)19-8-7-17-11-19/h3-8,11-12,15,18H,9-10H2,1-2H3,(H,20,21)/t15-/m1/s1. The van der Waals surface area contributed by atoms with Gasteiger partial charge in [-0.2, -0.15) is 0 Å². The minimum atomic E-state index is -0.793. The average molecular weight is 287 g/mol. The van der Waals surface area contributed by atoms with Gasteiger partial charge in [-0.15, -0.1) is 0 Å². The SMILES string of the molecule is CC(C)C[C@@H](NCc1ccc(-n2ccnc2)cc1)C(=O)O. The minimum Gasteiger partial charge on any atom is -0.480 e. The van der Waals surface area contributed by atoms with Crippen molar-refractivity contribution in [2.24, 2.45) is 5.92 Å². The zero-order valence-corrected chi connectivity index (χ0v) is 12.4. The summed E-state index contributed by atoms with van der Waals surface area (Å²) in [5.74, 6) is -0.444. The van der Waals surface area contributed by atoms with Crippen LogP contribution in [0.4, 0.5) is 0 Å². The van der Waals surface area contributed by atoms with Crippen molar-refractivity contribution in [2.75, 3.05) is 0 Å². The number of nitrogens with zero attached hydrogens (tertiary/aromatic N) is 2. The van der Waals surface area contributed by atoms with Gasteiger partial charge in [0.15, 0.2) is 0 Å². The lowest BCUT2D eigenvalue weighted by atomic mass is 10.0. The maximum absolute atomic E-state index is 11.2. The maximum Gasteiger partial charge on any atom is 0.320 e.